The van der Waals surface area contributed by atoms with Gasteiger partial charge in [0.2, 0.25) is 5.91 Å². The van der Waals surface area contributed by atoms with Gasteiger partial charge in [0, 0.05) is 6.54 Å². The number of ether oxygens (including phenoxy) is 1. The van der Waals surface area contributed by atoms with Crippen LogP contribution in [0, 0.1) is 5.41 Å². The van der Waals surface area contributed by atoms with Crippen molar-refractivity contribution in [3.05, 3.63) is 24.3 Å². The van der Waals surface area contributed by atoms with Crippen molar-refractivity contribution in [3.63, 3.8) is 0 Å². The quantitative estimate of drug-likeness (QED) is 0.735. The number of hydrogen-bond donors (Lipinski definition) is 3. The summed E-state index contributed by atoms with van der Waals surface area (Å²) in [5.74, 6) is -1.12. The number of para-hydroxylation sites is 2. The maximum Gasteiger partial charge on any atom is 0.309 e. The van der Waals surface area contributed by atoms with Crippen molar-refractivity contribution in [1.82, 2.24) is 5.32 Å². The third-order valence-electron chi connectivity index (χ3n) is 3.73. The van der Waals surface area contributed by atoms with Gasteiger partial charge >= 0.3 is 5.97 Å². The number of fused-ring (bicyclic) bond motifs is 1. The Morgan fingerprint density at radius 3 is 2.74 bits per heavy atom. The predicted octanol–water partition coefficient (Wildman–Crippen LogP) is 1.39. The van der Waals surface area contributed by atoms with Gasteiger partial charge < -0.3 is 20.5 Å². The molecule has 1 aliphatic rings. The van der Waals surface area contributed by atoms with Crippen molar-refractivity contribution in [2.75, 3.05) is 11.9 Å². The van der Waals surface area contributed by atoms with Crippen LogP contribution < -0.4 is 15.4 Å². The molecule has 1 aromatic carbocycles. The lowest BCUT2D eigenvalue weighted by Gasteiger charge is -2.25. The normalized spacial score (nSPS) is 16.8. The topological polar surface area (TPSA) is 105 Å². The van der Waals surface area contributed by atoms with Crippen molar-refractivity contribution in [2.45, 2.75) is 32.8 Å². The van der Waals surface area contributed by atoms with Gasteiger partial charge in [-0.05, 0) is 32.4 Å². The van der Waals surface area contributed by atoms with Crippen LogP contribution in [-0.2, 0) is 14.4 Å². The number of hydrogen-bond acceptors (Lipinski definition) is 4. The minimum atomic E-state index is -0.918. The molecule has 2 amide bonds. The molecule has 124 valence electrons. The van der Waals surface area contributed by atoms with Crippen LogP contribution in [0.15, 0.2) is 24.3 Å². The van der Waals surface area contributed by atoms with E-state index in [1.165, 1.54) is 0 Å². The summed E-state index contributed by atoms with van der Waals surface area (Å²) in [6.07, 6.45) is -0.708. The lowest BCUT2D eigenvalue weighted by atomic mass is 9.90. The number of amides is 2. The summed E-state index contributed by atoms with van der Waals surface area (Å²) in [6.45, 7) is 3.41. The summed E-state index contributed by atoms with van der Waals surface area (Å²) < 4.78 is 5.53. The Kier molecular flexibility index (Phi) is 4.88. The van der Waals surface area contributed by atoms with Gasteiger partial charge in [0.1, 0.15) is 5.75 Å². The van der Waals surface area contributed by atoms with Crippen molar-refractivity contribution in [2.24, 2.45) is 5.41 Å². The van der Waals surface area contributed by atoms with E-state index in [-0.39, 0.29) is 24.8 Å². The second kappa shape index (κ2) is 6.68. The minimum absolute atomic E-state index is 0.117. The second-order valence-electron chi connectivity index (χ2n) is 6.09. The van der Waals surface area contributed by atoms with E-state index in [1.54, 1.807) is 38.1 Å². The van der Waals surface area contributed by atoms with Gasteiger partial charge in [-0.15, -0.1) is 0 Å². The smallest absolute Gasteiger partial charge is 0.309 e. The Morgan fingerprint density at radius 1 is 1.35 bits per heavy atom. The Labute approximate surface area is 134 Å². The first-order valence-corrected chi connectivity index (χ1v) is 7.36. The Morgan fingerprint density at radius 2 is 2.04 bits per heavy atom. The summed E-state index contributed by atoms with van der Waals surface area (Å²) >= 11 is 0. The largest absolute Gasteiger partial charge is 0.481 e. The van der Waals surface area contributed by atoms with E-state index in [0.29, 0.717) is 17.9 Å². The molecule has 1 aliphatic heterocycles. The van der Waals surface area contributed by atoms with Crippen LogP contribution in [0.2, 0.25) is 0 Å². The van der Waals surface area contributed by atoms with Crippen LogP contribution in [-0.4, -0.2) is 35.5 Å². The Hall–Kier alpha value is -2.57. The first-order chi connectivity index (χ1) is 10.8. The number of anilines is 1. The molecule has 3 N–H and O–H groups in total. The maximum atomic E-state index is 11.9. The third-order valence-corrected chi connectivity index (χ3v) is 3.73. The number of rotatable bonds is 6. The van der Waals surface area contributed by atoms with E-state index < -0.39 is 17.5 Å². The lowest BCUT2D eigenvalue weighted by molar-refractivity contribution is -0.147. The predicted molar refractivity (Wildman–Crippen MR) is 83.1 cm³/mol. The van der Waals surface area contributed by atoms with Crippen LogP contribution in [0.3, 0.4) is 0 Å². The van der Waals surface area contributed by atoms with Crippen LogP contribution in [0.4, 0.5) is 5.69 Å². The number of carboxylic acids is 1. The molecule has 0 aromatic heterocycles. The first kappa shape index (κ1) is 16.8. The van der Waals surface area contributed by atoms with Gasteiger partial charge in [-0.2, -0.15) is 0 Å². The van der Waals surface area contributed by atoms with Gasteiger partial charge in [0.15, 0.2) is 6.10 Å². The molecule has 1 heterocycles. The maximum absolute atomic E-state index is 11.9. The Balaban J connectivity index is 1.84. The zero-order chi connectivity index (χ0) is 17.0. The molecule has 0 saturated heterocycles. The Bertz CT molecular complexity index is 627. The number of nitrogens with one attached hydrogen (secondary N) is 2. The van der Waals surface area contributed by atoms with E-state index in [4.69, 9.17) is 9.84 Å². The fourth-order valence-electron chi connectivity index (χ4n) is 2.09. The summed E-state index contributed by atoms with van der Waals surface area (Å²) in [5.41, 5.74) is -0.331. The second-order valence-corrected chi connectivity index (χ2v) is 6.09. The molecule has 0 radical (unpaired) electrons. The zero-order valence-electron chi connectivity index (χ0n) is 13.1. The molecule has 0 fully saturated rings. The molecular weight excluding hydrogens is 300 g/mol. The summed E-state index contributed by atoms with van der Waals surface area (Å²) in [5, 5.41) is 14.3. The molecule has 1 aromatic rings. The molecule has 0 saturated carbocycles. The highest BCUT2D eigenvalue weighted by molar-refractivity contribution is 5.99. The van der Waals surface area contributed by atoms with Gasteiger partial charge in [0.25, 0.3) is 5.91 Å². The average molecular weight is 320 g/mol. The number of aliphatic carboxylic acids is 1. The molecule has 23 heavy (non-hydrogen) atoms. The van der Waals surface area contributed by atoms with E-state index in [0.717, 1.165) is 0 Å². The summed E-state index contributed by atoms with van der Waals surface area (Å²) in [4.78, 5) is 34.8. The molecular formula is C16H20N2O5. The molecule has 0 bridgehead atoms. The molecule has 0 spiro atoms. The van der Waals surface area contributed by atoms with Crippen LogP contribution >= 0.6 is 0 Å². The molecule has 7 nitrogen and oxygen atoms in total. The third kappa shape index (κ3) is 4.21. The monoisotopic (exact) mass is 320 g/mol. The van der Waals surface area contributed by atoms with E-state index in [9.17, 15) is 14.4 Å². The molecule has 1 unspecified atom stereocenters. The van der Waals surface area contributed by atoms with Crippen LogP contribution in [0.5, 0.6) is 5.75 Å². The highest BCUT2D eigenvalue weighted by Crippen LogP contribution is 2.29. The van der Waals surface area contributed by atoms with Crippen LogP contribution in [0.1, 0.15) is 26.7 Å². The van der Waals surface area contributed by atoms with E-state index >= 15 is 0 Å². The van der Waals surface area contributed by atoms with Crippen molar-refractivity contribution in [3.8, 4) is 5.75 Å². The number of benzene rings is 1. The van der Waals surface area contributed by atoms with Crippen LogP contribution in [0.25, 0.3) is 0 Å². The molecule has 1 atom stereocenters. The molecule has 7 heteroatoms. The number of carboxylic acid groups (broad SMARTS) is 1. The van der Waals surface area contributed by atoms with Gasteiger partial charge in [-0.1, -0.05) is 12.1 Å². The standard InChI is InChI=1S/C16H20N2O5/c1-16(2,15(21)22)7-8-17-13(19)9-12-14(20)18-10-5-3-4-6-11(10)23-12/h3-6,12H,7-9H2,1-2H3,(H,17,19)(H,18,20)(H,21,22). The summed E-state index contributed by atoms with van der Waals surface area (Å²) in [7, 11) is 0. The minimum Gasteiger partial charge on any atom is -0.481 e. The van der Waals surface area contributed by atoms with E-state index in [2.05, 4.69) is 10.6 Å². The zero-order valence-corrected chi connectivity index (χ0v) is 13.1. The van der Waals surface area contributed by atoms with Gasteiger partial charge in [0.05, 0.1) is 17.5 Å². The van der Waals surface area contributed by atoms with Crippen molar-refractivity contribution >= 4 is 23.5 Å². The highest BCUT2D eigenvalue weighted by Gasteiger charge is 2.30. The van der Waals surface area contributed by atoms with Crippen molar-refractivity contribution in [1.29, 1.82) is 0 Å². The fourth-order valence-corrected chi connectivity index (χ4v) is 2.09. The fraction of sp³-hybridized carbons (Fsp3) is 0.438. The SMILES string of the molecule is CC(C)(CCNC(=O)CC1Oc2ccccc2NC1=O)C(=O)O. The average Bonchev–Trinajstić information content (AvgIpc) is 2.47. The highest BCUT2D eigenvalue weighted by atomic mass is 16.5. The first-order valence-electron chi connectivity index (χ1n) is 7.36. The number of carbonyl (C=O) groups excluding carboxylic acids is 2. The molecule has 0 aliphatic carbocycles. The van der Waals surface area contributed by atoms with E-state index in [1.807, 2.05) is 0 Å². The van der Waals surface area contributed by atoms with Crippen molar-refractivity contribution < 1.29 is 24.2 Å². The van der Waals surface area contributed by atoms with Gasteiger partial charge in [-0.3, -0.25) is 14.4 Å². The number of carbonyl (C=O) groups is 3. The molecule has 2 rings (SSSR count). The van der Waals surface area contributed by atoms with Gasteiger partial charge in [-0.25, -0.2) is 0 Å². The summed E-state index contributed by atoms with van der Waals surface area (Å²) in [6, 6.07) is 6.99. The lowest BCUT2D eigenvalue weighted by Crippen LogP contribution is -2.41.